The maximum Gasteiger partial charge on any atom is 0.117 e. The second-order valence-corrected chi connectivity index (χ2v) is 7.44. The van der Waals surface area contributed by atoms with Crippen molar-refractivity contribution >= 4 is 0 Å². The number of hydrogen-bond donors (Lipinski definition) is 0. The lowest BCUT2D eigenvalue weighted by atomic mass is 9.77. The summed E-state index contributed by atoms with van der Waals surface area (Å²) in [5.41, 5.74) is -0.0241. The highest BCUT2D eigenvalue weighted by Gasteiger charge is 2.43. The lowest BCUT2D eigenvalue weighted by Crippen LogP contribution is -2.61. The van der Waals surface area contributed by atoms with Gasteiger partial charge in [0, 0.05) is 50.2 Å². The first kappa shape index (κ1) is 16.2. The zero-order valence-corrected chi connectivity index (χ0v) is 13.9. The second-order valence-electron chi connectivity index (χ2n) is 7.44. The molecule has 2 aliphatic rings. The monoisotopic (exact) mass is 285 g/mol. The fourth-order valence-electron chi connectivity index (χ4n) is 3.81. The number of halogens is 1. The van der Waals surface area contributed by atoms with Gasteiger partial charge < -0.3 is 4.90 Å². The van der Waals surface area contributed by atoms with Crippen molar-refractivity contribution < 1.29 is 4.39 Å². The van der Waals surface area contributed by atoms with Crippen molar-refractivity contribution in [2.75, 3.05) is 46.3 Å². The van der Waals surface area contributed by atoms with E-state index in [-0.39, 0.29) is 11.5 Å². The summed E-state index contributed by atoms with van der Waals surface area (Å²) in [6, 6.07) is 0.459. The summed E-state index contributed by atoms with van der Waals surface area (Å²) in [6.07, 6.45) is 0.291. The molecule has 0 aromatic rings. The molecule has 2 rings (SSSR count). The molecule has 0 N–H and O–H groups in total. The molecule has 20 heavy (non-hydrogen) atoms. The molecule has 0 amide bonds. The minimum absolute atomic E-state index is 0.0241. The van der Waals surface area contributed by atoms with Crippen LogP contribution in [-0.4, -0.2) is 78.8 Å². The Balaban J connectivity index is 1.99. The largest absolute Gasteiger partial charge is 0.304 e. The quantitative estimate of drug-likeness (QED) is 0.786. The van der Waals surface area contributed by atoms with Gasteiger partial charge in [-0.3, -0.25) is 9.80 Å². The third-order valence-corrected chi connectivity index (χ3v) is 5.53. The molecule has 2 atom stereocenters. The van der Waals surface area contributed by atoms with E-state index >= 15 is 0 Å². The number of likely N-dealkylation sites (tertiary alicyclic amines) is 1. The van der Waals surface area contributed by atoms with Crippen LogP contribution in [0.4, 0.5) is 4.39 Å². The van der Waals surface area contributed by atoms with E-state index in [1.165, 1.54) is 0 Å². The zero-order valence-electron chi connectivity index (χ0n) is 13.9. The minimum Gasteiger partial charge on any atom is -0.304 e. The Hall–Kier alpha value is -0.190. The molecular formula is C16H32FN3. The summed E-state index contributed by atoms with van der Waals surface area (Å²) in [6.45, 7) is 14.8. The van der Waals surface area contributed by atoms with Crippen LogP contribution in [0.15, 0.2) is 0 Å². The molecule has 0 saturated carbocycles. The van der Waals surface area contributed by atoms with Crippen LogP contribution in [0, 0.1) is 5.92 Å². The molecule has 2 saturated heterocycles. The number of piperazine rings is 1. The summed E-state index contributed by atoms with van der Waals surface area (Å²) in [7, 11) is 2.17. The van der Waals surface area contributed by atoms with Gasteiger partial charge >= 0.3 is 0 Å². The van der Waals surface area contributed by atoms with Crippen molar-refractivity contribution in [1.82, 2.24) is 14.7 Å². The summed E-state index contributed by atoms with van der Waals surface area (Å²) >= 11 is 0. The summed E-state index contributed by atoms with van der Waals surface area (Å²) in [4.78, 5) is 7.15. The van der Waals surface area contributed by atoms with Gasteiger partial charge in [-0.1, -0.05) is 0 Å². The van der Waals surface area contributed by atoms with Gasteiger partial charge in [0.05, 0.1) is 0 Å². The molecule has 0 bridgehead atoms. The highest BCUT2D eigenvalue weighted by molar-refractivity contribution is 4.97. The number of rotatable bonds is 3. The second kappa shape index (κ2) is 6.29. The van der Waals surface area contributed by atoms with Crippen molar-refractivity contribution in [3.05, 3.63) is 0 Å². The van der Waals surface area contributed by atoms with E-state index in [2.05, 4.69) is 49.4 Å². The molecule has 118 valence electrons. The van der Waals surface area contributed by atoms with Crippen LogP contribution in [0.2, 0.25) is 0 Å². The summed E-state index contributed by atoms with van der Waals surface area (Å²) in [5.74, 6) is 0.168. The van der Waals surface area contributed by atoms with Crippen molar-refractivity contribution in [3.8, 4) is 0 Å². The van der Waals surface area contributed by atoms with E-state index in [9.17, 15) is 4.39 Å². The third-order valence-electron chi connectivity index (χ3n) is 5.53. The molecule has 0 aliphatic carbocycles. The topological polar surface area (TPSA) is 9.72 Å². The Kier molecular flexibility index (Phi) is 5.09. The minimum atomic E-state index is -0.694. The molecule has 3 nitrogen and oxygen atoms in total. The van der Waals surface area contributed by atoms with E-state index in [0.29, 0.717) is 12.6 Å². The molecule has 2 heterocycles. The Morgan fingerprint density at radius 1 is 1.05 bits per heavy atom. The number of alkyl halides is 1. The molecule has 0 aromatic heterocycles. The van der Waals surface area contributed by atoms with Gasteiger partial charge in [0.1, 0.15) is 6.17 Å². The first-order chi connectivity index (χ1) is 9.32. The zero-order chi connectivity index (χ0) is 14.9. The first-order valence-corrected chi connectivity index (χ1v) is 8.14. The lowest BCUT2D eigenvalue weighted by Gasteiger charge is -2.51. The molecular weight excluding hydrogens is 253 g/mol. The van der Waals surface area contributed by atoms with Gasteiger partial charge in [-0.05, 0) is 47.7 Å². The van der Waals surface area contributed by atoms with Crippen molar-refractivity contribution in [1.29, 1.82) is 0 Å². The fraction of sp³-hybridized carbons (Fsp3) is 1.00. The number of nitrogens with zero attached hydrogens (tertiary/aromatic N) is 3. The molecule has 0 spiro atoms. The highest BCUT2D eigenvalue weighted by Crippen LogP contribution is 2.35. The molecule has 2 fully saturated rings. The van der Waals surface area contributed by atoms with Crippen LogP contribution in [-0.2, 0) is 0 Å². The van der Waals surface area contributed by atoms with Crippen LogP contribution in [0.5, 0.6) is 0 Å². The van der Waals surface area contributed by atoms with Gasteiger partial charge in [0.15, 0.2) is 0 Å². The van der Waals surface area contributed by atoms with E-state index in [0.717, 1.165) is 39.1 Å². The maximum absolute atomic E-state index is 14.7. The molecule has 0 aromatic carbocycles. The highest BCUT2D eigenvalue weighted by atomic mass is 19.1. The van der Waals surface area contributed by atoms with Crippen LogP contribution >= 0.6 is 0 Å². The Morgan fingerprint density at radius 3 is 2.15 bits per heavy atom. The van der Waals surface area contributed by atoms with Gasteiger partial charge in [-0.2, -0.15) is 0 Å². The Labute approximate surface area is 124 Å². The van der Waals surface area contributed by atoms with E-state index in [4.69, 9.17) is 0 Å². The smallest absolute Gasteiger partial charge is 0.117 e. The number of hydrogen-bond acceptors (Lipinski definition) is 3. The van der Waals surface area contributed by atoms with Gasteiger partial charge in [0.25, 0.3) is 0 Å². The van der Waals surface area contributed by atoms with Gasteiger partial charge in [0.2, 0.25) is 0 Å². The number of likely N-dealkylation sites (N-methyl/N-ethyl adjacent to an activating group) is 1. The Bertz CT molecular complexity index is 311. The van der Waals surface area contributed by atoms with Gasteiger partial charge in [-0.15, -0.1) is 0 Å². The SMILES string of the molecule is CC(C)N1CCC(C(C)(C)N2CCN(C)CC2)C(F)C1. The summed E-state index contributed by atoms with van der Waals surface area (Å²) < 4.78 is 14.7. The first-order valence-electron chi connectivity index (χ1n) is 8.14. The average molecular weight is 285 g/mol. The van der Waals surface area contributed by atoms with Crippen LogP contribution in [0.3, 0.4) is 0 Å². The van der Waals surface area contributed by atoms with Crippen molar-refractivity contribution in [3.63, 3.8) is 0 Å². The summed E-state index contributed by atoms with van der Waals surface area (Å²) in [5, 5.41) is 0. The van der Waals surface area contributed by atoms with Crippen LogP contribution in [0.25, 0.3) is 0 Å². The molecule has 2 aliphatic heterocycles. The van der Waals surface area contributed by atoms with E-state index < -0.39 is 6.17 Å². The van der Waals surface area contributed by atoms with Crippen LogP contribution in [0.1, 0.15) is 34.1 Å². The molecule has 2 unspecified atom stereocenters. The normalized spacial score (nSPS) is 31.9. The van der Waals surface area contributed by atoms with E-state index in [1.54, 1.807) is 0 Å². The standard InChI is InChI=1S/C16H32FN3/c1-13(2)19-7-6-14(15(17)12-19)16(3,4)20-10-8-18(5)9-11-20/h13-15H,6-12H2,1-5H3. The van der Waals surface area contributed by atoms with E-state index in [1.807, 2.05) is 0 Å². The van der Waals surface area contributed by atoms with Crippen molar-refractivity contribution in [2.45, 2.75) is 51.9 Å². The Morgan fingerprint density at radius 2 is 1.65 bits per heavy atom. The average Bonchev–Trinajstić information content (AvgIpc) is 2.38. The van der Waals surface area contributed by atoms with Crippen molar-refractivity contribution in [2.24, 2.45) is 5.92 Å². The predicted octanol–water partition coefficient (Wildman–Crippen LogP) is 2.08. The fourth-order valence-corrected chi connectivity index (χ4v) is 3.81. The predicted molar refractivity (Wildman–Crippen MR) is 82.9 cm³/mol. The molecule has 4 heteroatoms. The lowest BCUT2D eigenvalue weighted by molar-refractivity contribution is -0.0424. The van der Waals surface area contributed by atoms with Gasteiger partial charge in [-0.25, -0.2) is 4.39 Å². The maximum atomic E-state index is 14.7. The number of piperidine rings is 1. The van der Waals surface area contributed by atoms with Crippen LogP contribution < -0.4 is 0 Å². The molecule has 0 radical (unpaired) electrons. The third kappa shape index (κ3) is 3.34.